The van der Waals surface area contributed by atoms with Crippen molar-refractivity contribution in [3.05, 3.63) is 35.7 Å². The van der Waals surface area contributed by atoms with Crippen LogP contribution in [0.4, 0.5) is 10.8 Å². The highest BCUT2D eigenvalue weighted by Crippen LogP contribution is 2.27. The van der Waals surface area contributed by atoms with Crippen molar-refractivity contribution in [2.75, 3.05) is 11.9 Å². The maximum absolute atomic E-state index is 5.66. The van der Waals surface area contributed by atoms with E-state index in [2.05, 4.69) is 35.3 Å². The van der Waals surface area contributed by atoms with Gasteiger partial charge in [-0.15, -0.1) is 0 Å². The minimum absolute atomic E-state index is 0.360. The van der Waals surface area contributed by atoms with Crippen molar-refractivity contribution < 1.29 is 0 Å². The molecule has 2 N–H and O–H groups in total. The van der Waals surface area contributed by atoms with Gasteiger partial charge in [-0.2, -0.15) is 4.37 Å². The Morgan fingerprint density at radius 2 is 2.17 bits per heavy atom. The highest BCUT2D eigenvalue weighted by molar-refractivity contribution is 7.09. The van der Waals surface area contributed by atoms with Crippen molar-refractivity contribution >= 4 is 22.4 Å². The van der Waals surface area contributed by atoms with Crippen molar-refractivity contribution in [3.8, 4) is 0 Å². The number of hydrogen-bond acceptors (Lipinski definition) is 5. The molecule has 2 rings (SSSR count). The van der Waals surface area contributed by atoms with Crippen molar-refractivity contribution in [1.82, 2.24) is 9.36 Å². The van der Waals surface area contributed by atoms with Gasteiger partial charge in [-0.25, -0.2) is 4.98 Å². The summed E-state index contributed by atoms with van der Waals surface area (Å²) in [6.45, 7) is 4.75. The molecule has 4 nitrogen and oxygen atoms in total. The Morgan fingerprint density at radius 1 is 1.39 bits per heavy atom. The Labute approximate surface area is 112 Å². The van der Waals surface area contributed by atoms with E-state index in [-0.39, 0.29) is 0 Å². The van der Waals surface area contributed by atoms with Crippen LogP contribution >= 0.6 is 11.5 Å². The van der Waals surface area contributed by atoms with Crippen LogP contribution in [0.15, 0.2) is 24.3 Å². The Bertz CT molecular complexity index is 521. The first-order valence-corrected chi connectivity index (χ1v) is 6.75. The summed E-state index contributed by atoms with van der Waals surface area (Å²) in [6.07, 6.45) is 0. The summed E-state index contributed by atoms with van der Waals surface area (Å²) in [5.74, 6) is 1.26. The van der Waals surface area contributed by atoms with Crippen LogP contribution in [0.2, 0.25) is 0 Å². The lowest BCUT2D eigenvalue weighted by Gasteiger charge is -2.16. The second-order valence-electron chi connectivity index (χ2n) is 4.52. The molecule has 0 saturated heterocycles. The Hall–Kier alpha value is -1.46. The van der Waals surface area contributed by atoms with Gasteiger partial charge >= 0.3 is 0 Å². The van der Waals surface area contributed by atoms with E-state index in [9.17, 15) is 0 Å². The first-order valence-electron chi connectivity index (χ1n) is 5.98. The van der Waals surface area contributed by atoms with Crippen LogP contribution in [0, 0.1) is 0 Å². The van der Waals surface area contributed by atoms with E-state index < -0.39 is 0 Å². The molecule has 0 saturated carbocycles. The average Bonchev–Trinajstić information content (AvgIpc) is 2.87. The molecule has 0 fully saturated rings. The van der Waals surface area contributed by atoms with Crippen molar-refractivity contribution in [2.24, 2.45) is 5.73 Å². The third-order valence-electron chi connectivity index (χ3n) is 2.77. The standard InChI is InChI=1S/C13H18N4S/c1-9(2)12-15-13(18-16-12)17(3)11-6-4-5-10(7-11)8-14/h4-7,9H,8,14H2,1-3H3. The van der Waals surface area contributed by atoms with Gasteiger partial charge in [0.15, 0.2) is 0 Å². The first-order chi connectivity index (χ1) is 8.61. The number of rotatable bonds is 4. The van der Waals surface area contributed by atoms with Crippen LogP contribution in [0.3, 0.4) is 0 Å². The molecule has 1 heterocycles. The molecule has 96 valence electrons. The highest BCUT2D eigenvalue weighted by atomic mass is 32.1. The molecule has 1 aromatic heterocycles. The maximum Gasteiger partial charge on any atom is 0.209 e. The SMILES string of the molecule is CC(C)c1nsc(N(C)c2cccc(CN)c2)n1. The van der Waals surface area contributed by atoms with Crippen LogP contribution in [0.25, 0.3) is 0 Å². The lowest BCUT2D eigenvalue weighted by atomic mass is 10.2. The highest BCUT2D eigenvalue weighted by Gasteiger charge is 2.12. The molecule has 18 heavy (non-hydrogen) atoms. The Kier molecular flexibility index (Phi) is 3.93. The second kappa shape index (κ2) is 5.46. The third-order valence-corrected chi connectivity index (χ3v) is 3.57. The molecule has 0 spiro atoms. The van der Waals surface area contributed by atoms with E-state index in [0.29, 0.717) is 12.5 Å². The van der Waals surface area contributed by atoms with Gasteiger partial charge in [0.2, 0.25) is 5.13 Å². The molecular formula is C13H18N4S. The van der Waals surface area contributed by atoms with Gasteiger partial charge in [-0.1, -0.05) is 26.0 Å². The molecule has 0 aliphatic rings. The number of aromatic nitrogens is 2. The predicted molar refractivity (Wildman–Crippen MR) is 76.4 cm³/mol. The quantitative estimate of drug-likeness (QED) is 0.920. The summed E-state index contributed by atoms with van der Waals surface area (Å²) in [6, 6.07) is 8.17. The van der Waals surface area contributed by atoms with E-state index in [4.69, 9.17) is 5.73 Å². The summed E-state index contributed by atoms with van der Waals surface area (Å²) < 4.78 is 4.37. The molecular weight excluding hydrogens is 244 g/mol. The minimum atomic E-state index is 0.360. The molecule has 0 unspecified atom stereocenters. The maximum atomic E-state index is 5.66. The number of benzene rings is 1. The smallest absolute Gasteiger partial charge is 0.209 e. The summed E-state index contributed by atoms with van der Waals surface area (Å²) >= 11 is 1.43. The zero-order valence-electron chi connectivity index (χ0n) is 10.9. The fraction of sp³-hybridized carbons (Fsp3) is 0.385. The molecule has 0 aliphatic heterocycles. The Balaban J connectivity index is 2.26. The fourth-order valence-electron chi connectivity index (χ4n) is 1.60. The van der Waals surface area contributed by atoms with Gasteiger partial charge < -0.3 is 10.6 Å². The number of anilines is 2. The van der Waals surface area contributed by atoms with Crippen LogP contribution in [0.5, 0.6) is 0 Å². The van der Waals surface area contributed by atoms with Crippen molar-refractivity contribution in [2.45, 2.75) is 26.3 Å². The zero-order valence-corrected chi connectivity index (χ0v) is 11.7. The topological polar surface area (TPSA) is 55.0 Å². The average molecular weight is 262 g/mol. The first kappa shape index (κ1) is 13.0. The van der Waals surface area contributed by atoms with E-state index in [1.54, 1.807) is 0 Å². The van der Waals surface area contributed by atoms with Gasteiger partial charge in [0, 0.05) is 36.7 Å². The van der Waals surface area contributed by atoms with Crippen LogP contribution in [0.1, 0.15) is 31.2 Å². The molecule has 0 amide bonds. The summed E-state index contributed by atoms with van der Waals surface area (Å²) in [7, 11) is 2.00. The number of hydrogen-bond donors (Lipinski definition) is 1. The zero-order chi connectivity index (χ0) is 13.1. The van der Waals surface area contributed by atoms with E-state index in [1.807, 2.05) is 24.1 Å². The number of nitrogens with zero attached hydrogens (tertiary/aromatic N) is 3. The second-order valence-corrected chi connectivity index (χ2v) is 5.25. The van der Waals surface area contributed by atoms with Gasteiger partial charge in [0.25, 0.3) is 0 Å². The fourth-order valence-corrected chi connectivity index (χ4v) is 2.39. The van der Waals surface area contributed by atoms with E-state index >= 15 is 0 Å². The number of nitrogens with two attached hydrogens (primary N) is 1. The van der Waals surface area contributed by atoms with Crippen molar-refractivity contribution in [1.29, 1.82) is 0 Å². The molecule has 5 heteroatoms. The summed E-state index contributed by atoms with van der Waals surface area (Å²) in [5, 5.41) is 0.910. The van der Waals surface area contributed by atoms with Crippen molar-refractivity contribution in [3.63, 3.8) is 0 Å². The molecule has 1 aromatic carbocycles. The van der Waals surface area contributed by atoms with Crippen LogP contribution in [-0.4, -0.2) is 16.4 Å². The molecule has 0 radical (unpaired) electrons. The van der Waals surface area contributed by atoms with Gasteiger partial charge in [0.05, 0.1) is 0 Å². The summed E-state index contributed by atoms with van der Waals surface area (Å²) in [4.78, 5) is 6.59. The van der Waals surface area contributed by atoms with E-state index in [0.717, 1.165) is 22.2 Å². The normalized spacial score (nSPS) is 10.9. The van der Waals surface area contributed by atoms with Gasteiger partial charge in [-0.05, 0) is 17.7 Å². The van der Waals surface area contributed by atoms with E-state index in [1.165, 1.54) is 11.5 Å². The monoisotopic (exact) mass is 262 g/mol. The molecule has 2 aromatic rings. The molecule has 0 atom stereocenters. The van der Waals surface area contributed by atoms with Gasteiger partial charge in [0.1, 0.15) is 5.82 Å². The third kappa shape index (κ3) is 2.68. The largest absolute Gasteiger partial charge is 0.326 e. The minimum Gasteiger partial charge on any atom is -0.326 e. The van der Waals surface area contributed by atoms with Gasteiger partial charge in [-0.3, -0.25) is 0 Å². The van der Waals surface area contributed by atoms with Crippen LogP contribution < -0.4 is 10.6 Å². The summed E-state index contributed by atoms with van der Waals surface area (Å²) in [5.41, 5.74) is 7.86. The lowest BCUT2D eigenvalue weighted by molar-refractivity contribution is 0.798. The molecule has 0 aliphatic carbocycles. The van der Waals surface area contributed by atoms with Crippen LogP contribution in [-0.2, 0) is 6.54 Å². The Morgan fingerprint density at radius 3 is 2.78 bits per heavy atom. The molecule has 0 bridgehead atoms. The predicted octanol–water partition coefficient (Wildman–Crippen LogP) is 2.89. The lowest BCUT2D eigenvalue weighted by Crippen LogP contribution is -2.10.